The second-order valence-corrected chi connectivity index (χ2v) is 2.59. The molecule has 0 aliphatic heterocycles. The van der Waals surface area contributed by atoms with E-state index in [0.717, 1.165) is 6.07 Å². The number of rotatable bonds is 2. The van der Waals surface area contributed by atoms with E-state index in [2.05, 4.69) is 5.43 Å². The van der Waals surface area contributed by atoms with Crippen LogP contribution in [-0.4, -0.2) is 5.11 Å². The molecule has 0 saturated carbocycles. The van der Waals surface area contributed by atoms with E-state index in [0.29, 0.717) is 5.56 Å². The van der Waals surface area contributed by atoms with Crippen LogP contribution in [-0.2, 0) is 0 Å². The highest BCUT2D eigenvalue weighted by Gasteiger charge is 2.08. The van der Waals surface area contributed by atoms with Gasteiger partial charge in [-0.15, -0.1) is 0 Å². The van der Waals surface area contributed by atoms with Gasteiger partial charge in [0.15, 0.2) is 0 Å². The van der Waals surface area contributed by atoms with Gasteiger partial charge in [-0.25, -0.2) is 4.39 Å². The Morgan fingerprint density at radius 2 is 2.25 bits per heavy atom. The van der Waals surface area contributed by atoms with Crippen molar-refractivity contribution in [3.63, 3.8) is 0 Å². The molecule has 4 N–H and O–H groups in total. The Kier molecular flexibility index (Phi) is 2.62. The van der Waals surface area contributed by atoms with Gasteiger partial charge in [0.1, 0.15) is 11.6 Å². The maximum Gasteiger partial charge on any atom is 0.131 e. The molecule has 1 aromatic carbocycles. The minimum atomic E-state index is -0.458. The summed E-state index contributed by atoms with van der Waals surface area (Å²) >= 11 is 0. The number of halogens is 1. The molecule has 0 heterocycles. The van der Waals surface area contributed by atoms with E-state index in [1.54, 1.807) is 6.92 Å². The second kappa shape index (κ2) is 3.51. The highest BCUT2D eigenvalue weighted by Crippen LogP contribution is 2.19. The zero-order valence-electron chi connectivity index (χ0n) is 6.71. The van der Waals surface area contributed by atoms with E-state index in [1.807, 2.05) is 0 Å². The molecule has 0 spiro atoms. The summed E-state index contributed by atoms with van der Waals surface area (Å²) in [6.07, 6.45) is 0. The van der Waals surface area contributed by atoms with E-state index in [9.17, 15) is 4.39 Å². The third-order valence-corrected chi connectivity index (χ3v) is 1.70. The number of nitrogens with two attached hydrogens (primary N) is 1. The molecule has 0 fully saturated rings. The van der Waals surface area contributed by atoms with Crippen LogP contribution in [0.3, 0.4) is 0 Å². The van der Waals surface area contributed by atoms with Gasteiger partial charge in [0.25, 0.3) is 0 Å². The van der Waals surface area contributed by atoms with Gasteiger partial charge in [0.2, 0.25) is 0 Å². The average Bonchev–Trinajstić information content (AvgIpc) is 2.03. The molecule has 1 atom stereocenters. The predicted octanol–water partition coefficient (Wildman–Crippen LogP) is 1.06. The summed E-state index contributed by atoms with van der Waals surface area (Å²) in [7, 11) is 0. The molecule has 1 aromatic rings. The number of aromatic hydroxyl groups is 1. The SMILES string of the molecule is C[C@H](NN)c1ccc(O)cc1F. The number of hydrogen-bond acceptors (Lipinski definition) is 3. The molecule has 0 aromatic heterocycles. The van der Waals surface area contributed by atoms with Gasteiger partial charge >= 0.3 is 0 Å². The Bertz CT molecular complexity index is 278. The third kappa shape index (κ3) is 1.72. The van der Waals surface area contributed by atoms with Crippen molar-refractivity contribution in [3.8, 4) is 5.75 Å². The quantitative estimate of drug-likeness (QED) is 0.459. The van der Waals surface area contributed by atoms with Crippen LogP contribution in [0.1, 0.15) is 18.5 Å². The Labute approximate surface area is 70.0 Å². The van der Waals surface area contributed by atoms with Crippen LogP contribution in [0.2, 0.25) is 0 Å². The molecule has 3 nitrogen and oxygen atoms in total. The summed E-state index contributed by atoms with van der Waals surface area (Å²) in [5.74, 6) is 4.59. The van der Waals surface area contributed by atoms with Gasteiger partial charge in [-0.3, -0.25) is 11.3 Å². The maximum atomic E-state index is 13.0. The zero-order chi connectivity index (χ0) is 9.14. The summed E-state index contributed by atoms with van der Waals surface area (Å²) < 4.78 is 13.0. The summed E-state index contributed by atoms with van der Waals surface area (Å²) in [5.41, 5.74) is 2.86. The van der Waals surface area contributed by atoms with Crippen molar-refractivity contribution >= 4 is 0 Å². The molecule has 12 heavy (non-hydrogen) atoms. The molecule has 66 valence electrons. The average molecular weight is 170 g/mol. The molecule has 0 aliphatic carbocycles. The van der Waals surface area contributed by atoms with Crippen molar-refractivity contribution in [3.05, 3.63) is 29.6 Å². The van der Waals surface area contributed by atoms with Crippen molar-refractivity contribution in [1.82, 2.24) is 5.43 Å². The standard InChI is InChI=1S/C8H11FN2O/c1-5(11-10)7-3-2-6(12)4-8(7)9/h2-5,11-12H,10H2,1H3/t5-/m0/s1. The van der Waals surface area contributed by atoms with Crippen LogP contribution in [0.15, 0.2) is 18.2 Å². The lowest BCUT2D eigenvalue weighted by Gasteiger charge is -2.10. The molecule has 1 rings (SSSR count). The lowest BCUT2D eigenvalue weighted by atomic mass is 10.1. The van der Waals surface area contributed by atoms with Crippen molar-refractivity contribution in [2.24, 2.45) is 5.84 Å². The first kappa shape index (κ1) is 8.96. The molecule has 0 saturated heterocycles. The molecule has 0 aliphatic rings. The van der Waals surface area contributed by atoms with E-state index >= 15 is 0 Å². The fourth-order valence-electron chi connectivity index (χ4n) is 0.957. The number of hydrogen-bond donors (Lipinski definition) is 3. The van der Waals surface area contributed by atoms with Crippen molar-refractivity contribution in [1.29, 1.82) is 0 Å². The minimum Gasteiger partial charge on any atom is -0.508 e. The van der Waals surface area contributed by atoms with Crippen LogP contribution >= 0.6 is 0 Å². The molecular formula is C8H11FN2O. The van der Waals surface area contributed by atoms with Crippen LogP contribution in [0.4, 0.5) is 4.39 Å². The Hall–Kier alpha value is -1.13. The molecule has 0 bridgehead atoms. The molecule has 0 amide bonds. The summed E-state index contributed by atoms with van der Waals surface area (Å²) in [6, 6.07) is 3.72. The highest BCUT2D eigenvalue weighted by molar-refractivity contribution is 5.29. The number of phenols is 1. The first-order chi connectivity index (χ1) is 5.65. The van der Waals surface area contributed by atoms with Gasteiger partial charge in [0.05, 0.1) is 0 Å². The predicted molar refractivity (Wildman–Crippen MR) is 43.8 cm³/mol. The van der Waals surface area contributed by atoms with Gasteiger partial charge in [0, 0.05) is 17.7 Å². The van der Waals surface area contributed by atoms with Gasteiger partial charge in [-0.2, -0.15) is 0 Å². The van der Waals surface area contributed by atoms with E-state index in [4.69, 9.17) is 10.9 Å². The van der Waals surface area contributed by atoms with Crippen LogP contribution < -0.4 is 11.3 Å². The monoisotopic (exact) mass is 170 g/mol. The zero-order valence-corrected chi connectivity index (χ0v) is 6.71. The number of hydrazine groups is 1. The molecule has 0 unspecified atom stereocenters. The Balaban J connectivity index is 3.01. The van der Waals surface area contributed by atoms with E-state index in [1.165, 1.54) is 12.1 Å². The van der Waals surface area contributed by atoms with Gasteiger partial charge in [-0.05, 0) is 13.0 Å². The summed E-state index contributed by atoms with van der Waals surface area (Å²) in [4.78, 5) is 0. The smallest absolute Gasteiger partial charge is 0.131 e. The lowest BCUT2D eigenvalue weighted by molar-refractivity contribution is 0.464. The molecular weight excluding hydrogens is 159 g/mol. The number of nitrogens with one attached hydrogen (secondary N) is 1. The van der Waals surface area contributed by atoms with Gasteiger partial charge in [-0.1, -0.05) is 6.07 Å². The van der Waals surface area contributed by atoms with Crippen LogP contribution in [0.25, 0.3) is 0 Å². The Morgan fingerprint density at radius 1 is 1.58 bits per heavy atom. The van der Waals surface area contributed by atoms with E-state index < -0.39 is 5.82 Å². The molecule has 4 heteroatoms. The molecule has 0 radical (unpaired) electrons. The van der Waals surface area contributed by atoms with Crippen molar-refractivity contribution in [2.45, 2.75) is 13.0 Å². The van der Waals surface area contributed by atoms with Crippen molar-refractivity contribution in [2.75, 3.05) is 0 Å². The van der Waals surface area contributed by atoms with Crippen molar-refractivity contribution < 1.29 is 9.50 Å². The largest absolute Gasteiger partial charge is 0.508 e. The fourth-order valence-corrected chi connectivity index (χ4v) is 0.957. The number of benzene rings is 1. The number of phenolic OH excluding ortho intramolecular Hbond substituents is 1. The minimum absolute atomic E-state index is 0.0829. The van der Waals surface area contributed by atoms with E-state index in [-0.39, 0.29) is 11.8 Å². The topological polar surface area (TPSA) is 58.3 Å². The first-order valence-electron chi connectivity index (χ1n) is 3.59. The lowest BCUT2D eigenvalue weighted by Crippen LogP contribution is -2.26. The highest BCUT2D eigenvalue weighted by atomic mass is 19.1. The first-order valence-corrected chi connectivity index (χ1v) is 3.59. The second-order valence-electron chi connectivity index (χ2n) is 2.59. The maximum absolute atomic E-state index is 13.0. The summed E-state index contributed by atoms with van der Waals surface area (Å²) in [5, 5.41) is 8.90. The summed E-state index contributed by atoms with van der Waals surface area (Å²) in [6.45, 7) is 1.73. The Morgan fingerprint density at radius 3 is 2.75 bits per heavy atom. The van der Waals surface area contributed by atoms with Crippen LogP contribution in [0, 0.1) is 5.82 Å². The third-order valence-electron chi connectivity index (χ3n) is 1.70. The fraction of sp³-hybridized carbons (Fsp3) is 0.250. The van der Waals surface area contributed by atoms with Gasteiger partial charge < -0.3 is 5.11 Å². The van der Waals surface area contributed by atoms with Crippen LogP contribution in [0.5, 0.6) is 5.75 Å². The normalized spacial score (nSPS) is 12.9.